The molecule has 1 atom stereocenters. The van der Waals surface area contributed by atoms with Crippen molar-refractivity contribution >= 4 is 34.8 Å². The van der Waals surface area contributed by atoms with Crippen LogP contribution >= 0.6 is 11.6 Å². The Bertz CT molecular complexity index is 1270. The molecule has 14 heteroatoms. The average molecular weight is 617 g/mol. The zero-order chi connectivity index (χ0) is 30.4. The molecule has 0 aromatic heterocycles. The monoisotopic (exact) mass is 616 g/mol. The minimum atomic E-state index is -4.24. The number of carbonyl (C=O) groups excluding carboxylic acids is 2. The molecule has 4 rings (SSSR count). The maximum atomic E-state index is 15.0. The van der Waals surface area contributed by atoms with Crippen LogP contribution in [0.3, 0.4) is 0 Å². The fourth-order valence-corrected chi connectivity index (χ4v) is 5.31. The lowest BCUT2D eigenvalue weighted by molar-refractivity contribution is -0.138. The Morgan fingerprint density at radius 2 is 1.76 bits per heavy atom. The standard InChI is InChI=1S/C28H34ClF5N6O2/c1-18-16-38(9-6-28(32,33)34)12-13-40(18)23-14-20(29)3-5-22(23)37-27(42)21-4-2-19(25(30)26(21)31)15-36-24(41)17-39-10-7-35-8-11-39/h2-5,14,18,35H,6-13,15-17H2,1H3,(H,36,41)(H,37,42)/t18-/m1/s1. The smallest absolute Gasteiger partial charge is 0.365 e. The second-order valence-electron chi connectivity index (χ2n) is 10.5. The first-order chi connectivity index (χ1) is 19.9. The SMILES string of the molecule is C[C@@H]1CN(CCC(F)(F)F)CCN1c1cc(Cl)ccc1NC(=O)c1ccc(CNC(=O)CN2CCNCC2)c(F)c1F. The van der Waals surface area contributed by atoms with Gasteiger partial charge < -0.3 is 20.9 Å². The van der Waals surface area contributed by atoms with E-state index in [1.165, 1.54) is 18.2 Å². The van der Waals surface area contributed by atoms with Crippen molar-refractivity contribution in [2.45, 2.75) is 32.1 Å². The van der Waals surface area contributed by atoms with Crippen molar-refractivity contribution in [1.82, 2.24) is 20.4 Å². The van der Waals surface area contributed by atoms with Gasteiger partial charge in [-0.15, -0.1) is 0 Å². The zero-order valence-electron chi connectivity index (χ0n) is 23.2. The summed E-state index contributed by atoms with van der Waals surface area (Å²) < 4.78 is 67.9. The van der Waals surface area contributed by atoms with E-state index in [0.29, 0.717) is 49.1 Å². The van der Waals surface area contributed by atoms with Gasteiger partial charge in [0.25, 0.3) is 5.91 Å². The molecule has 2 fully saturated rings. The van der Waals surface area contributed by atoms with Gasteiger partial charge in [-0.1, -0.05) is 17.7 Å². The molecular weight excluding hydrogens is 583 g/mol. The molecule has 2 aromatic rings. The van der Waals surface area contributed by atoms with Crippen LogP contribution in [-0.2, 0) is 11.3 Å². The molecule has 0 bridgehead atoms. The predicted molar refractivity (Wildman–Crippen MR) is 151 cm³/mol. The number of hydrogen-bond donors (Lipinski definition) is 3. The molecule has 8 nitrogen and oxygen atoms in total. The summed E-state index contributed by atoms with van der Waals surface area (Å²) >= 11 is 6.22. The fraction of sp³-hybridized carbons (Fsp3) is 0.500. The van der Waals surface area contributed by atoms with Crippen LogP contribution in [0.1, 0.15) is 29.3 Å². The summed E-state index contributed by atoms with van der Waals surface area (Å²) in [5, 5.41) is 8.77. The second-order valence-corrected chi connectivity index (χ2v) is 11.0. The van der Waals surface area contributed by atoms with Crippen molar-refractivity contribution in [2.24, 2.45) is 0 Å². The summed E-state index contributed by atoms with van der Waals surface area (Å²) in [4.78, 5) is 30.9. The summed E-state index contributed by atoms with van der Waals surface area (Å²) in [6.07, 6.45) is -5.14. The van der Waals surface area contributed by atoms with Crippen LogP contribution in [0.15, 0.2) is 30.3 Å². The van der Waals surface area contributed by atoms with E-state index in [1.807, 2.05) is 16.7 Å². The Hall–Kier alpha value is -3.00. The molecule has 0 radical (unpaired) electrons. The lowest BCUT2D eigenvalue weighted by atomic mass is 10.1. The van der Waals surface area contributed by atoms with E-state index in [4.69, 9.17) is 11.6 Å². The number of alkyl halides is 3. The topological polar surface area (TPSA) is 80.0 Å². The number of benzene rings is 2. The van der Waals surface area contributed by atoms with E-state index in [0.717, 1.165) is 19.2 Å². The van der Waals surface area contributed by atoms with Gasteiger partial charge in [0, 0.05) is 75.5 Å². The maximum absolute atomic E-state index is 15.0. The molecule has 42 heavy (non-hydrogen) atoms. The molecule has 2 saturated heterocycles. The molecule has 0 aliphatic carbocycles. The van der Waals surface area contributed by atoms with Gasteiger partial charge in [-0.25, -0.2) is 8.78 Å². The average Bonchev–Trinajstić information content (AvgIpc) is 2.94. The molecule has 0 spiro atoms. The summed E-state index contributed by atoms with van der Waals surface area (Å²) in [6, 6.07) is 6.88. The molecule has 2 aliphatic rings. The van der Waals surface area contributed by atoms with Crippen molar-refractivity contribution in [3.8, 4) is 0 Å². The lowest BCUT2D eigenvalue weighted by Gasteiger charge is -2.42. The Morgan fingerprint density at radius 3 is 2.45 bits per heavy atom. The van der Waals surface area contributed by atoms with Crippen molar-refractivity contribution in [3.63, 3.8) is 0 Å². The molecule has 2 amide bonds. The number of halogens is 6. The highest BCUT2D eigenvalue weighted by atomic mass is 35.5. The largest absolute Gasteiger partial charge is 0.390 e. The second kappa shape index (κ2) is 14.0. The van der Waals surface area contributed by atoms with Crippen molar-refractivity contribution in [1.29, 1.82) is 0 Å². The highest BCUT2D eigenvalue weighted by Crippen LogP contribution is 2.33. The van der Waals surface area contributed by atoms with E-state index >= 15 is 4.39 Å². The van der Waals surface area contributed by atoms with Crippen molar-refractivity contribution in [3.05, 3.63) is 58.1 Å². The van der Waals surface area contributed by atoms with E-state index < -0.39 is 35.7 Å². The number of nitrogens with one attached hydrogen (secondary N) is 3. The summed E-state index contributed by atoms with van der Waals surface area (Å²) in [6.45, 7) is 5.74. The van der Waals surface area contributed by atoms with E-state index in [-0.39, 0.29) is 37.1 Å². The normalized spacial score (nSPS) is 18.6. The maximum Gasteiger partial charge on any atom is 0.390 e. The van der Waals surface area contributed by atoms with Crippen LogP contribution < -0.4 is 20.9 Å². The van der Waals surface area contributed by atoms with E-state index in [1.54, 1.807) is 11.0 Å². The fourth-order valence-electron chi connectivity index (χ4n) is 5.14. The van der Waals surface area contributed by atoms with Gasteiger partial charge >= 0.3 is 6.18 Å². The van der Waals surface area contributed by atoms with Crippen molar-refractivity contribution < 1.29 is 31.5 Å². The van der Waals surface area contributed by atoms with Gasteiger partial charge in [0.05, 0.1) is 29.9 Å². The highest BCUT2D eigenvalue weighted by Gasteiger charge is 2.31. The minimum Gasteiger partial charge on any atom is -0.365 e. The van der Waals surface area contributed by atoms with Crippen LogP contribution in [0.5, 0.6) is 0 Å². The Morgan fingerprint density at radius 1 is 1.02 bits per heavy atom. The Balaban J connectivity index is 1.41. The predicted octanol–water partition coefficient (Wildman–Crippen LogP) is 3.85. The quantitative estimate of drug-likeness (QED) is 0.372. The van der Waals surface area contributed by atoms with Crippen LogP contribution in [0.4, 0.5) is 33.3 Å². The molecule has 2 aromatic carbocycles. The number of anilines is 2. The van der Waals surface area contributed by atoms with Gasteiger partial charge in [-0.05, 0) is 31.2 Å². The van der Waals surface area contributed by atoms with E-state index in [9.17, 15) is 27.2 Å². The highest BCUT2D eigenvalue weighted by molar-refractivity contribution is 6.31. The molecule has 3 N–H and O–H groups in total. The number of carbonyl (C=O) groups is 2. The summed E-state index contributed by atoms with van der Waals surface area (Å²) in [5.74, 6) is -3.78. The van der Waals surface area contributed by atoms with Gasteiger partial charge in [-0.3, -0.25) is 19.4 Å². The van der Waals surface area contributed by atoms with Gasteiger partial charge in [0.2, 0.25) is 5.91 Å². The number of amides is 2. The van der Waals surface area contributed by atoms with E-state index in [2.05, 4.69) is 16.0 Å². The number of hydrogen-bond acceptors (Lipinski definition) is 6. The zero-order valence-corrected chi connectivity index (χ0v) is 23.9. The summed E-state index contributed by atoms with van der Waals surface area (Å²) in [5.41, 5.74) is 0.198. The van der Waals surface area contributed by atoms with Crippen molar-refractivity contribution in [2.75, 3.05) is 69.1 Å². The number of piperazine rings is 2. The third-order valence-corrected chi connectivity index (χ3v) is 7.64. The molecule has 2 heterocycles. The van der Waals surface area contributed by atoms with Crippen LogP contribution in [0.25, 0.3) is 0 Å². The molecule has 230 valence electrons. The Labute approximate surface area is 246 Å². The summed E-state index contributed by atoms with van der Waals surface area (Å²) in [7, 11) is 0. The minimum absolute atomic E-state index is 0.0953. The Kier molecular flexibility index (Phi) is 10.6. The van der Waals surface area contributed by atoms with Crippen LogP contribution in [0.2, 0.25) is 5.02 Å². The third kappa shape index (κ3) is 8.52. The molecule has 2 aliphatic heterocycles. The molecule has 0 unspecified atom stereocenters. The first-order valence-corrected chi connectivity index (χ1v) is 14.1. The van der Waals surface area contributed by atoms with Crippen LogP contribution in [0, 0.1) is 11.6 Å². The van der Waals surface area contributed by atoms with Gasteiger partial charge in [0.1, 0.15) is 0 Å². The number of rotatable bonds is 9. The molecular formula is C28H34ClF5N6O2. The number of nitrogens with zero attached hydrogens (tertiary/aromatic N) is 3. The first-order valence-electron chi connectivity index (χ1n) is 13.7. The lowest BCUT2D eigenvalue weighted by Crippen LogP contribution is -2.52. The third-order valence-electron chi connectivity index (χ3n) is 7.40. The van der Waals surface area contributed by atoms with Gasteiger partial charge in [0.15, 0.2) is 11.6 Å². The van der Waals surface area contributed by atoms with Gasteiger partial charge in [-0.2, -0.15) is 13.2 Å². The van der Waals surface area contributed by atoms with Crippen LogP contribution in [-0.4, -0.2) is 92.7 Å². The molecule has 0 saturated carbocycles. The first kappa shape index (κ1) is 31.9.